The summed E-state index contributed by atoms with van der Waals surface area (Å²) in [5.74, 6) is 0. The van der Waals surface area contributed by atoms with E-state index in [2.05, 4.69) is 46.9 Å². The molecule has 0 aliphatic heterocycles. The number of aromatic nitrogens is 2. The summed E-state index contributed by atoms with van der Waals surface area (Å²) >= 11 is 5.39. The van der Waals surface area contributed by atoms with Crippen molar-refractivity contribution in [3.05, 3.63) is 84.2 Å². The lowest BCUT2D eigenvalue weighted by Crippen LogP contribution is -2.30. The van der Waals surface area contributed by atoms with Crippen molar-refractivity contribution in [2.45, 2.75) is 19.5 Å². The standard InChI is InChI=1S/C19H20N4S/c1-15(17-10-6-3-7-11-17)21-19(24)22-18-12-20-23(14-18)13-16-8-4-2-5-9-16/h2-12,14-15H,13H2,1H3,(H2,21,22,24). The van der Waals surface area contributed by atoms with Crippen LogP contribution in [0.4, 0.5) is 5.69 Å². The Hall–Kier alpha value is -2.66. The molecule has 122 valence electrons. The normalized spacial score (nSPS) is 11.7. The molecule has 1 aromatic heterocycles. The van der Waals surface area contributed by atoms with E-state index >= 15 is 0 Å². The van der Waals surface area contributed by atoms with E-state index in [9.17, 15) is 0 Å². The Balaban J connectivity index is 1.55. The van der Waals surface area contributed by atoms with Gasteiger partial charge in [-0.3, -0.25) is 4.68 Å². The van der Waals surface area contributed by atoms with E-state index in [4.69, 9.17) is 12.2 Å². The van der Waals surface area contributed by atoms with Gasteiger partial charge in [-0.05, 0) is 30.3 Å². The molecule has 1 heterocycles. The maximum Gasteiger partial charge on any atom is 0.171 e. The molecule has 1 atom stereocenters. The third-order valence-corrected chi connectivity index (χ3v) is 3.95. The number of thiocarbonyl (C=S) groups is 1. The summed E-state index contributed by atoms with van der Waals surface area (Å²) in [7, 11) is 0. The van der Waals surface area contributed by atoms with Crippen LogP contribution in [0.3, 0.4) is 0 Å². The van der Waals surface area contributed by atoms with Crippen molar-refractivity contribution in [1.29, 1.82) is 0 Å². The van der Waals surface area contributed by atoms with Crippen molar-refractivity contribution in [2.24, 2.45) is 0 Å². The van der Waals surface area contributed by atoms with E-state index in [0.717, 1.165) is 12.2 Å². The second-order valence-corrected chi connectivity index (χ2v) is 6.05. The molecule has 4 nitrogen and oxygen atoms in total. The van der Waals surface area contributed by atoms with Gasteiger partial charge in [0.1, 0.15) is 0 Å². The Morgan fingerprint density at radius 3 is 2.46 bits per heavy atom. The number of nitrogens with zero attached hydrogens (tertiary/aromatic N) is 2. The van der Waals surface area contributed by atoms with Crippen LogP contribution in [0.15, 0.2) is 73.1 Å². The largest absolute Gasteiger partial charge is 0.356 e. The van der Waals surface area contributed by atoms with Gasteiger partial charge in [-0.25, -0.2) is 0 Å². The van der Waals surface area contributed by atoms with Crippen molar-refractivity contribution in [2.75, 3.05) is 5.32 Å². The first-order valence-corrected chi connectivity index (χ1v) is 8.30. The maximum absolute atomic E-state index is 5.39. The number of rotatable bonds is 5. The number of nitrogens with one attached hydrogen (secondary N) is 2. The fourth-order valence-corrected chi connectivity index (χ4v) is 2.77. The average Bonchev–Trinajstić information content (AvgIpc) is 3.03. The molecule has 1 unspecified atom stereocenters. The van der Waals surface area contributed by atoms with Crippen molar-refractivity contribution in [1.82, 2.24) is 15.1 Å². The van der Waals surface area contributed by atoms with E-state index in [1.165, 1.54) is 11.1 Å². The third-order valence-electron chi connectivity index (χ3n) is 3.73. The zero-order valence-electron chi connectivity index (χ0n) is 13.5. The lowest BCUT2D eigenvalue weighted by Gasteiger charge is -2.16. The molecule has 0 aliphatic rings. The molecule has 0 fully saturated rings. The predicted octanol–water partition coefficient (Wildman–Crippen LogP) is 3.98. The van der Waals surface area contributed by atoms with E-state index in [1.807, 2.05) is 47.3 Å². The average molecular weight is 336 g/mol. The van der Waals surface area contributed by atoms with Crippen LogP contribution in [-0.4, -0.2) is 14.9 Å². The highest BCUT2D eigenvalue weighted by molar-refractivity contribution is 7.80. The monoisotopic (exact) mass is 336 g/mol. The minimum Gasteiger partial charge on any atom is -0.356 e. The highest BCUT2D eigenvalue weighted by atomic mass is 32.1. The first-order chi connectivity index (χ1) is 11.7. The zero-order chi connectivity index (χ0) is 16.8. The summed E-state index contributed by atoms with van der Waals surface area (Å²) in [6, 6.07) is 20.6. The second-order valence-electron chi connectivity index (χ2n) is 5.64. The van der Waals surface area contributed by atoms with Gasteiger partial charge in [-0.1, -0.05) is 60.7 Å². The lowest BCUT2D eigenvalue weighted by molar-refractivity contribution is 0.687. The van der Waals surface area contributed by atoms with Gasteiger partial charge in [0.05, 0.1) is 24.5 Å². The van der Waals surface area contributed by atoms with Crippen molar-refractivity contribution in [3.63, 3.8) is 0 Å². The molecule has 0 saturated heterocycles. The van der Waals surface area contributed by atoms with Crippen LogP contribution in [0.1, 0.15) is 24.1 Å². The smallest absolute Gasteiger partial charge is 0.171 e. The van der Waals surface area contributed by atoms with E-state index in [1.54, 1.807) is 6.20 Å². The molecule has 0 spiro atoms. The Bertz CT molecular complexity index is 783. The summed E-state index contributed by atoms with van der Waals surface area (Å²) in [5.41, 5.74) is 3.29. The topological polar surface area (TPSA) is 41.9 Å². The molecular weight excluding hydrogens is 316 g/mol. The minimum absolute atomic E-state index is 0.144. The molecule has 5 heteroatoms. The Morgan fingerprint density at radius 1 is 1.08 bits per heavy atom. The van der Waals surface area contributed by atoms with Crippen molar-refractivity contribution < 1.29 is 0 Å². The van der Waals surface area contributed by atoms with Gasteiger partial charge in [0.2, 0.25) is 0 Å². The first-order valence-electron chi connectivity index (χ1n) is 7.89. The molecule has 0 radical (unpaired) electrons. The van der Waals surface area contributed by atoms with Crippen LogP contribution in [0.5, 0.6) is 0 Å². The molecule has 0 aliphatic carbocycles. The van der Waals surface area contributed by atoms with Crippen LogP contribution in [0, 0.1) is 0 Å². The van der Waals surface area contributed by atoms with Gasteiger partial charge in [0, 0.05) is 6.20 Å². The summed E-state index contributed by atoms with van der Waals surface area (Å²) < 4.78 is 1.89. The lowest BCUT2D eigenvalue weighted by atomic mass is 10.1. The number of hydrogen-bond donors (Lipinski definition) is 2. The molecule has 0 saturated carbocycles. The molecule has 24 heavy (non-hydrogen) atoms. The van der Waals surface area contributed by atoms with Crippen molar-refractivity contribution >= 4 is 23.0 Å². The summed E-state index contributed by atoms with van der Waals surface area (Å²) in [6.07, 6.45) is 3.73. The fourth-order valence-electron chi connectivity index (χ4n) is 2.47. The van der Waals surface area contributed by atoms with Crippen LogP contribution < -0.4 is 10.6 Å². The Morgan fingerprint density at radius 2 is 1.75 bits per heavy atom. The quantitative estimate of drug-likeness (QED) is 0.692. The van der Waals surface area contributed by atoms with Gasteiger partial charge >= 0.3 is 0 Å². The molecule has 3 rings (SSSR count). The van der Waals surface area contributed by atoms with Gasteiger partial charge in [-0.15, -0.1) is 0 Å². The Kier molecular flexibility index (Phi) is 5.23. The zero-order valence-corrected chi connectivity index (χ0v) is 14.3. The SMILES string of the molecule is CC(NC(=S)Nc1cnn(Cc2ccccc2)c1)c1ccccc1. The van der Waals surface area contributed by atoms with E-state index < -0.39 is 0 Å². The summed E-state index contributed by atoms with van der Waals surface area (Å²) in [5, 5.41) is 11.4. The van der Waals surface area contributed by atoms with E-state index in [0.29, 0.717) is 5.11 Å². The molecule has 0 bridgehead atoms. The van der Waals surface area contributed by atoms with Crippen LogP contribution in [-0.2, 0) is 6.54 Å². The minimum atomic E-state index is 0.144. The summed E-state index contributed by atoms with van der Waals surface area (Å²) in [4.78, 5) is 0. The van der Waals surface area contributed by atoms with Crippen LogP contribution in [0.2, 0.25) is 0 Å². The number of hydrogen-bond acceptors (Lipinski definition) is 2. The number of benzene rings is 2. The number of anilines is 1. The Labute approximate surface area is 147 Å². The second kappa shape index (κ2) is 7.75. The van der Waals surface area contributed by atoms with Gasteiger partial charge in [-0.2, -0.15) is 5.10 Å². The highest BCUT2D eigenvalue weighted by Gasteiger charge is 2.07. The molecule has 0 amide bonds. The van der Waals surface area contributed by atoms with Crippen LogP contribution >= 0.6 is 12.2 Å². The molecule has 2 N–H and O–H groups in total. The fraction of sp³-hybridized carbons (Fsp3) is 0.158. The highest BCUT2D eigenvalue weighted by Crippen LogP contribution is 2.12. The van der Waals surface area contributed by atoms with E-state index in [-0.39, 0.29) is 6.04 Å². The van der Waals surface area contributed by atoms with Crippen molar-refractivity contribution in [3.8, 4) is 0 Å². The van der Waals surface area contributed by atoms with Crippen LogP contribution in [0.25, 0.3) is 0 Å². The van der Waals surface area contributed by atoms with Gasteiger partial charge in [0.25, 0.3) is 0 Å². The first kappa shape index (κ1) is 16.2. The molecular formula is C19H20N4S. The molecule has 2 aromatic carbocycles. The maximum atomic E-state index is 5.39. The third kappa shape index (κ3) is 4.43. The van der Waals surface area contributed by atoms with Gasteiger partial charge in [0.15, 0.2) is 5.11 Å². The summed E-state index contributed by atoms with van der Waals surface area (Å²) in [6.45, 7) is 2.82. The van der Waals surface area contributed by atoms with Gasteiger partial charge < -0.3 is 10.6 Å². The molecule has 3 aromatic rings. The predicted molar refractivity (Wildman–Crippen MR) is 102 cm³/mol.